The van der Waals surface area contributed by atoms with Gasteiger partial charge < -0.3 is 10.1 Å². The van der Waals surface area contributed by atoms with Gasteiger partial charge in [-0.15, -0.1) is 11.3 Å². The molecule has 0 radical (unpaired) electrons. The summed E-state index contributed by atoms with van der Waals surface area (Å²) < 4.78 is 31.1. The molecule has 116 valence electrons. The summed E-state index contributed by atoms with van der Waals surface area (Å²) in [5.74, 6) is 0.171. The van der Waals surface area contributed by atoms with Crippen LogP contribution in [0.15, 0.2) is 35.8 Å². The highest BCUT2D eigenvalue weighted by molar-refractivity contribution is 7.15. The van der Waals surface area contributed by atoms with E-state index < -0.39 is 6.61 Å². The van der Waals surface area contributed by atoms with Gasteiger partial charge >= 0.3 is 6.61 Å². The molecule has 0 saturated heterocycles. The number of rotatable bonds is 6. The lowest BCUT2D eigenvalue weighted by Gasteiger charge is -2.11. The molecule has 3 rings (SSSR count). The number of hydrogen-bond acceptors (Lipinski definition) is 4. The highest BCUT2D eigenvalue weighted by Gasteiger charge is 2.12. The van der Waals surface area contributed by atoms with Crippen LogP contribution in [-0.4, -0.2) is 16.0 Å². The number of para-hydroxylation sites is 1. The molecule has 0 spiro atoms. The molecule has 2 aromatic heterocycles. The molecular weight excluding hydrogens is 332 g/mol. The first kappa shape index (κ1) is 15.2. The zero-order valence-electron chi connectivity index (χ0n) is 11.3. The Morgan fingerprint density at radius 3 is 2.95 bits per heavy atom. The molecule has 8 heteroatoms. The van der Waals surface area contributed by atoms with Gasteiger partial charge in [-0.3, -0.25) is 4.40 Å². The Morgan fingerprint density at radius 2 is 2.14 bits per heavy atom. The number of fused-ring (bicyclic) bond motifs is 1. The Hall–Kier alpha value is -1.70. The van der Waals surface area contributed by atoms with E-state index in [4.69, 9.17) is 11.6 Å². The summed E-state index contributed by atoms with van der Waals surface area (Å²) in [7, 11) is 0. The van der Waals surface area contributed by atoms with E-state index in [2.05, 4.69) is 15.0 Å². The number of nitrogens with one attached hydrogen (secondary N) is 1. The number of nitrogens with zero attached hydrogens (tertiary/aromatic N) is 2. The summed E-state index contributed by atoms with van der Waals surface area (Å²) in [6.45, 7) is -1.98. The maximum absolute atomic E-state index is 12.4. The molecule has 0 aliphatic heterocycles. The third kappa shape index (κ3) is 3.21. The van der Waals surface area contributed by atoms with Crippen LogP contribution in [0.3, 0.4) is 0 Å². The molecule has 22 heavy (non-hydrogen) atoms. The fraction of sp³-hybridized carbons (Fsp3) is 0.214. The summed E-state index contributed by atoms with van der Waals surface area (Å²) in [5, 5.41) is 5.54. The third-order valence-corrected chi connectivity index (χ3v) is 4.17. The average molecular weight is 344 g/mol. The van der Waals surface area contributed by atoms with Crippen LogP contribution in [0.5, 0.6) is 5.75 Å². The molecule has 0 saturated carbocycles. The number of aromatic nitrogens is 2. The van der Waals surface area contributed by atoms with E-state index in [1.54, 1.807) is 18.2 Å². The van der Waals surface area contributed by atoms with Crippen molar-refractivity contribution in [2.24, 2.45) is 0 Å². The molecule has 2 heterocycles. The number of thiazole rings is 1. The van der Waals surface area contributed by atoms with Gasteiger partial charge in [-0.1, -0.05) is 29.8 Å². The molecule has 0 amide bonds. The van der Waals surface area contributed by atoms with Gasteiger partial charge in [0.15, 0.2) is 10.1 Å². The first-order chi connectivity index (χ1) is 10.6. The highest BCUT2D eigenvalue weighted by Crippen LogP contribution is 2.22. The number of benzene rings is 1. The zero-order chi connectivity index (χ0) is 15.5. The molecule has 3 aromatic rings. The Balaban J connectivity index is 1.68. The SMILES string of the molecule is FC(F)Oc1ccccc1CNCc1c(Cl)nc2sccn12. The van der Waals surface area contributed by atoms with Crippen LogP contribution in [0, 0.1) is 0 Å². The van der Waals surface area contributed by atoms with E-state index in [0.717, 1.165) is 10.7 Å². The lowest BCUT2D eigenvalue weighted by atomic mass is 10.2. The number of ether oxygens (including phenoxy) is 1. The van der Waals surface area contributed by atoms with Crippen molar-refractivity contribution in [3.8, 4) is 5.75 Å². The molecule has 1 aromatic carbocycles. The van der Waals surface area contributed by atoms with Gasteiger partial charge in [-0.2, -0.15) is 8.78 Å². The quantitative estimate of drug-likeness (QED) is 0.736. The zero-order valence-corrected chi connectivity index (χ0v) is 12.9. The second kappa shape index (κ2) is 6.60. The molecule has 1 N–H and O–H groups in total. The normalized spacial score (nSPS) is 11.5. The maximum Gasteiger partial charge on any atom is 0.387 e. The topological polar surface area (TPSA) is 38.6 Å². The van der Waals surface area contributed by atoms with Crippen molar-refractivity contribution in [2.75, 3.05) is 0 Å². The first-order valence-corrected chi connectivity index (χ1v) is 7.74. The predicted octanol–water partition coefficient (Wildman–Crippen LogP) is 3.94. The van der Waals surface area contributed by atoms with Gasteiger partial charge in [0.2, 0.25) is 0 Å². The minimum absolute atomic E-state index is 0.171. The van der Waals surface area contributed by atoms with Gasteiger partial charge in [-0.25, -0.2) is 4.98 Å². The molecular formula is C14H12ClF2N3OS. The third-order valence-electron chi connectivity index (χ3n) is 3.11. The molecule has 0 aliphatic carbocycles. The van der Waals surface area contributed by atoms with Crippen LogP contribution in [0.25, 0.3) is 4.96 Å². The number of halogens is 3. The van der Waals surface area contributed by atoms with E-state index >= 15 is 0 Å². The van der Waals surface area contributed by atoms with Crippen molar-refractivity contribution in [1.29, 1.82) is 0 Å². The van der Waals surface area contributed by atoms with E-state index in [1.807, 2.05) is 16.0 Å². The van der Waals surface area contributed by atoms with Crippen molar-refractivity contribution in [3.63, 3.8) is 0 Å². The summed E-state index contributed by atoms with van der Waals surface area (Å²) in [4.78, 5) is 5.06. The summed E-state index contributed by atoms with van der Waals surface area (Å²) in [6, 6.07) is 6.69. The lowest BCUT2D eigenvalue weighted by molar-refractivity contribution is -0.0505. The first-order valence-electron chi connectivity index (χ1n) is 6.48. The van der Waals surface area contributed by atoms with Gasteiger partial charge in [0.05, 0.1) is 5.69 Å². The second-order valence-electron chi connectivity index (χ2n) is 4.49. The number of imidazole rings is 1. The van der Waals surface area contributed by atoms with Crippen LogP contribution >= 0.6 is 22.9 Å². The lowest BCUT2D eigenvalue weighted by Crippen LogP contribution is -2.15. The standard InChI is InChI=1S/C14H12ClF2N3OS/c15-12-10(20-5-6-22-14(20)19-12)8-18-7-9-3-1-2-4-11(9)21-13(16)17/h1-6,13,18H,7-8H2. The smallest absolute Gasteiger partial charge is 0.387 e. The fourth-order valence-electron chi connectivity index (χ4n) is 2.14. The average Bonchev–Trinajstić information content (AvgIpc) is 3.02. The fourth-order valence-corrected chi connectivity index (χ4v) is 3.16. The molecule has 0 unspecified atom stereocenters. The molecule has 0 atom stereocenters. The summed E-state index contributed by atoms with van der Waals surface area (Å²) >= 11 is 7.60. The van der Waals surface area contributed by atoms with Gasteiger partial charge in [-0.05, 0) is 6.07 Å². The van der Waals surface area contributed by atoms with Crippen molar-refractivity contribution >= 4 is 27.9 Å². The molecule has 0 fully saturated rings. The van der Waals surface area contributed by atoms with E-state index in [1.165, 1.54) is 17.4 Å². The largest absolute Gasteiger partial charge is 0.434 e. The van der Waals surface area contributed by atoms with E-state index in [0.29, 0.717) is 23.8 Å². The van der Waals surface area contributed by atoms with Crippen molar-refractivity contribution in [3.05, 3.63) is 52.3 Å². The maximum atomic E-state index is 12.4. The van der Waals surface area contributed by atoms with Gasteiger partial charge in [0, 0.05) is 30.2 Å². The van der Waals surface area contributed by atoms with Gasteiger partial charge in [0.25, 0.3) is 0 Å². The number of alkyl halides is 2. The predicted molar refractivity (Wildman–Crippen MR) is 81.7 cm³/mol. The molecule has 0 aliphatic rings. The molecule has 0 bridgehead atoms. The van der Waals surface area contributed by atoms with Crippen LogP contribution < -0.4 is 10.1 Å². The molecule has 4 nitrogen and oxygen atoms in total. The second-order valence-corrected chi connectivity index (χ2v) is 5.73. The van der Waals surface area contributed by atoms with Crippen molar-refractivity contribution in [2.45, 2.75) is 19.7 Å². The Kier molecular flexibility index (Phi) is 4.56. The minimum atomic E-state index is -2.84. The Bertz CT molecular complexity index is 774. The van der Waals surface area contributed by atoms with Crippen molar-refractivity contribution in [1.82, 2.24) is 14.7 Å². The van der Waals surface area contributed by atoms with Crippen LogP contribution in [0.2, 0.25) is 5.15 Å². The van der Waals surface area contributed by atoms with Crippen LogP contribution in [0.4, 0.5) is 8.78 Å². The van der Waals surface area contributed by atoms with E-state index in [9.17, 15) is 8.78 Å². The van der Waals surface area contributed by atoms with Crippen LogP contribution in [0.1, 0.15) is 11.3 Å². The van der Waals surface area contributed by atoms with Crippen LogP contribution in [-0.2, 0) is 13.1 Å². The van der Waals surface area contributed by atoms with Gasteiger partial charge in [0.1, 0.15) is 5.75 Å². The monoisotopic (exact) mass is 343 g/mol. The van der Waals surface area contributed by atoms with E-state index in [-0.39, 0.29) is 5.75 Å². The Morgan fingerprint density at radius 1 is 1.32 bits per heavy atom. The number of hydrogen-bond donors (Lipinski definition) is 1. The minimum Gasteiger partial charge on any atom is -0.434 e. The Labute approximate surface area is 134 Å². The summed E-state index contributed by atoms with van der Waals surface area (Å²) in [6.07, 6.45) is 1.89. The summed E-state index contributed by atoms with van der Waals surface area (Å²) in [5.41, 5.74) is 1.50. The van der Waals surface area contributed by atoms with Crippen molar-refractivity contribution < 1.29 is 13.5 Å². The highest BCUT2D eigenvalue weighted by atomic mass is 35.5.